The van der Waals surface area contributed by atoms with Crippen molar-refractivity contribution in [3.05, 3.63) is 0 Å². The minimum absolute atomic E-state index is 0.0979. The Labute approximate surface area is 93.0 Å². The van der Waals surface area contributed by atoms with E-state index in [9.17, 15) is 14.4 Å². The third-order valence-corrected chi connectivity index (χ3v) is 2.07. The van der Waals surface area contributed by atoms with Crippen LogP contribution in [0.4, 0.5) is 4.79 Å². The van der Waals surface area contributed by atoms with Crippen LogP contribution in [-0.4, -0.2) is 52.2 Å². The van der Waals surface area contributed by atoms with Gasteiger partial charge in [0.1, 0.15) is 6.04 Å². The fourth-order valence-corrected chi connectivity index (χ4v) is 0.860. The van der Waals surface area contributed by atoms with Gasteiger partial charge in [-0.25, -0.2) is 9.59 Å². The first-order chi connectivity index (χ1) is 7.25. The zero-order chi connectivity index (χ0) is 12.9. The second-order valence-electron chi connectivity index (χ2n) is 3.64. The highest BCUT2D eigenvalue weighted by Gasteiger charge is 2.24. The van der Waals surface area contributed by atoms with Crippen LogP contribution in [0.3, 0.4) is 0 Å². The number of carbonyl (C=O) groups is 3. The van der Waals surface area contributed by atoms with Gasteiger partial charge in [-0.05, 0) is 13.8 Å². The van der Waals surface area contributed by atoms with Gasteiger partial charge in [-0.2, -0.15) is 0 Å². The molecule has 92 valence electrons. The molecule has 0 saturated carbocycles. The molecule has 0 rings (SSSR count). The Morgan fingerprint density at radius 1 is 1.25 bits per heavy atom. The molecule has 0 aliphatic carbocycles. The molecule has 0 saturated heterocycles. The zero-order valence-electron chi connectivity index (χ0n) is 9.43. The lowest BCUT2D eigenvalue weighted by molar-refractivity contribution is -0.145. The van der Waals surface area contributed by atoms with E-state index >= 15 is 0 Å². The summed E-state index contributed by atoms with van der Waals surface area (Å²) in [6.07, 6.45) is -0.646. The molecule has 0 spiro atoms. The molecule has 0 radical (unpaired) electrons. The fraction of sp³-hybridized carbons (Fsp3) is 0.667. The quantitative estimate of drug-likeness (QED) is 0.616. The lowest BCUT2D eigenvalue weighted by Crippen LogP contribution is -2.49. The third kappa shape index (κ3) is 4.63. The van der Waals surface area contributed by atoms with Crippen LogP contribution >= 0.6 is 0 Å². The molecule has 0 fully saturated rings. The third-order valence-electron chi connectivity index (χ3n) is 2.07. The first-order valence-electron chi connectivity index (χ1n) is 4.73. The molecule has 0 aliphatic rings. The van der Waals surface area contributed by atoms with Gasteiger partial charge in [0, 0.05) is 13.1 Å². The Morgan fingerprint density at radius 3 is 2.06 bits per heavy atom. The molecule has 2 amide bonds. The first kappa shape index (κ1) is 14.2. The molecule has 0 aromatic heterocycles. The normalized spacial score (nSPS) is 12.0. The molecular formula is C9H16N2O5. The summed E-state index contributed by atoms with van der Waals surface area (Å²) in [5.41, 5.74) is 0. The number of hydrogen-bond donors (Lipinski definition) is 3. The van der Waals surface area contributed by atoms with Crippen molar-refractivity contribution in [2.24, 2.45) is 0 Å². The average Bonchev–Trinajstić information content (AvgIpc) is 2.14. The van der Waals surface area contributed by atoms with Crippen molar-refractivity contribution in [2.45, 2.75) is 32.4 Å². The number of nitrogens with one attached hydrogen (secondary N) is 1. The van der Waals surface area contributed by atoms with E-state index in [0.717, 1.165) is 0 Å². The number of rotatable bonds is 5. The largest absolute Gasteiger partial charge is 0.481 e. The van der Waals surface area contributed by atoms with Crippen LogP contribution in [0.1, 0.15) is 20.3 Å². The second-order valence-corrected chi connectivity index (χ2v) is 3.64. The number of aliphatic carboxylic acids is 2. The van der Waals surface area contributed by atoms with Gasteiger partial charge >= 0.3 is 18.0 Å². The van der Waals surface area contributed by atoms with E-state index in [1.54, 1.807) is 13.8 Å². The highest BCUT2D eigenvalue weighted by Crippen LogP contribution is 1.98. The lowest BCUT2D eigenvalue weighted by atomic mass is 10.2. The van der Waals surface area contributed by atoms with Gasteiger partial charge in [0.15, 0.2) is 0 Å². The van der Waals surface area contributed by atoms with E-state index in [1.165, 1.54) is 11.9 Å². The van der Waals surface area contributed by atoms with E-state index in [1.807, 2.05) is 0 Å². The van der Waals surface area contributed by atoms with E-state index in [2.05, 4.69) is 5.32 Å². The summed E-state index contributed by atoms with van der Waals surface area (Å²) in [7, 11) is 1.50. The molecule has 1 atom stereocenters. The van der Waals surface area contributed by atoms with Crippen molar-refractivity contribution in [3.8, 4) is 0 Å². The van der Waals surface area contributed by atoms with Crippen LogP contribution in [0, 0.1) is 0 Å². The van der Waals surface area contributed by atoms with Gasteiger partial charge in [-0.15, -0.1) is 0 Å². The molecule has 0 heterocycles. The number of hydrogen-bond acceptors (Lipinski definition) is 3. The summed E-state index contributed by atoms with van der Waals surface area (Å²) in [5, 5.41) is 19.3. The number of nitrogens with zero attached hydrogens (tertiary/aromatic N) is 1. The number of amides is 2. The number of carboxylic acid groups (broad SMARTS) is 2. The van der Waals surface area contributed by atoms with Crippen LogP contribution < -0.4 is 5.32 Å². The standard InChI is InChI=1S/C9H16N2O5/c1-5(2)11(3)9(16)10-6(8(14)15)4-7(12)13/h5-6H,4H2,1-3H3,(H,10,16)(H,12,13)(H,14,15). The SMILES string of the molecule is CC(C)N(C)C(=O)NC(CC(=O)O)C(=O)O. The smallest absolute Gasteiger partial charge is 0.326 e. The number of urea groups is 1. The summed E-state index contributed by atoms with van der Waals surface area (Å²) >= 11 is 0. The van der Waals surface area contributed by atoms with Crippen molar-refractivity contribution >= 4 is 18.0 Å². The van der Waals surface area contributed by atoms with Gasteiger partial charge in [0.25, 0.3) is 0 Å². The number of carboxylic acids is 2. The Morgan fingerprint density at radius 2 is 1.75 bits per heavy atom. The van der Waals surface area contributed by atoms with Crippen LogP contribution in [0.5, 0.6) is 0 Å². The van der Waals surface area contributed by atoms with Crippen molar-refractivity contribution in [1.29, 1.82) is 0 Å². The first-order valence-corrected chi connectivity index (χ1v) is 4.73. The second kappa shape index (κ2) is 5.94. The van der Waals surface area contributed by atoms with E-state index < -0.39 is 30.4 Å². The summed E-state index contributed by atoms with van der Waals surface area (Å²) < 4.78 is 0. The fourth-order valence-electron chi connectivity index (χ4n) is 0.860. The molecule has 16 heavy (non-hydrogen) atoms. The Hall–Kier alpha value is -1.79. The highest BCUT2D eigenvalue weighted by atomic mass is 16.4. The van der Waals surface area contributed by atoms with Gasteiger partial charge in [-0.1, -0.05) is 0 Å². The molecule has 0 bridgehead atoms. The summed E-state index contributed by atoms with van der Waals surface area (Å²) in [6, 6.07) is -2.12. The Bertz CT molecular complexity index is 290. The summed E-state index contributed by atoms with van der Waals surface area (Å²) in [4.78, 5) is 33.8. The molecule has 0 aliphatic heterocycles. The highest BCUT2D eigenvalue weighted by molar-refractivity contribution is 5.86. The van der Waals surface area contributed by atoms with Crippen LogP contribution in [0.15, 0.2) is 0 Å². The van der Waals surface area contributed by atoms with Crippen LogP contribution in [-0.2, 0) is 9.59 Å². The lowest BCUT2D eigenvalue weighted by Gasteiger charge is -2.23. The molecule has 3 N–H and O–H groups in total. The molecule has 7 nitrogen and oxygen atoms in total. The van der Waals surface area contributed by atoms with E-state index in [4.69, 9.17) is 10.2 Å². The zero-order valence-corrected chi connectivity index (χ0v) is 9.43. The van der Waals surface area contributed by atoms with Crippen molar-refractivity contribution in [2.75, 3.05) is 7.05 Å². The van der Waals surface area contributed by atoms with Gasteiger partial charge < -0.3 is 20.4 Å². The predicted molar refractivity (Wildman–Crippen MR) is 55.1 cm³/mol. The minimum atomic E-state index is -1.41. The molecule has 0 aromatic rings. The topological polar surface area (TPSA) is 107 Å². The maximum atomic E-state index is 11.4. The minimum Gasteiger partial charge on any atom is -0.481 e. The average molecular weight is 232 g/mol. The van der Waals surface area contributed by atoms with E-state index in [0.29, 0.717) is 0 Å². The van der Waals surface area contributed by atoms with Gasteiger partial charge in [-0.3, -0.25) is 4.79 Å². The Balaban J connectivity index is 4.46. The van der Waals surface area contributed by atoms with Crippen molar-refractivity contribution in [3.63, 3.8) is 0 Å². The molecule has 1 unspecified atom stereocenters. The monoisotopic (exact) mass is 232 g/mol. The maximum absolute atomic E-state index is 11.4. The van der Waals surface area contributed by atoms with Gasteiger partial charge in [0.05, 0.1) is 6.42 Å². The van der Waals surface area contributed by atoms with Gasteiger partial charge in [0.2, 0.25) is 0 Å². The summed E-state index contributed by atoms with van der Waals surface area (Å²) in [5.74, 6) is -2.65. The molecule has 0 aromatic carbocycles. The van der Waals surface area contributed by atoms with Crippen molar-refractivity contribution < 1.29 is 24.6 Å². The van der Waals surface area contributed by atoms with Crippen molar-refractivity contribution in [1.82, 2.24) is 10.2 Å². The molecule has 7 heteroatoms. The van der Waals surface area contributed by atoms with Crippen LogP contribution in [0.25, 0.3) is 0 Å². The number of carbonyl (C=O) groups excluding carboxylic acids is 1. The predicted octanol–water partition coefficient (Wildman–Crippen LogP) is -0.0359. The maximum Gasteiger partial charge on any atom is 0.326 e. The van der Waals surface area contributed by atoms with Crippen LogP contribution in [0.2, 0.25) is 0 Å². The summed E-state index contributed by atoms with van der Waals surface area (Å²) in [6.45, 7) is 3.51. The van der Waals surface area contributed by atoms with E-state index in [-0.39, 0.29) is 6.04 Å². The Kier molecular flexibility index (Phi) is 5.27. The molecular weight excluding hydrogens is 216 g/mol.